The van der Waals surface area contributed by atoms with Crippen LogP contribution in [0.1, 0.15) is 11.1 Å². The average Bonchev–Trinajstić information content (AvgIpc) is 2.59. The zero-order chi connectivity index (χ0) is 15.8. The number of hydrogen-bond donors (Lipinski definition) is 1. The minimum atomic E-state index is -0.407. The molecule has 0 aliphatic rings. The molecule has 5 heteroatoms. The molecule has 1 heterocycles. The van der Waals surface area contributed by atoms with Crippen molar-refractivity contribution in [2.75, 3.05) is 7.11 Å². The van der Waals surface area contributed by atoms with E-state index >= 15 is 0 Å². The molecule has 0 fully saturated rings. The van der Waals surface area contributed by atoms with Crippen molar-refractivity contribution >= 4 is 12.0 Å². The molecule has 2 rings (SSSR count). The highest BCUT2D eigenvalue weighted by Gasteiger charge is 2.08. The van der Waals surface area contributed by atoms with Crippen LogP contribution in [0.4, 0.5) is 0 Å². The van der Waals surface area contributed by atoms with Crippen LogP contribution in [0.25, 0.3) is 6.08 Å². The molecule has 2 aromatic rings. The Balaban J connectivity index is 2.00. The lowest BCUT2D eigenvalue weighted by Crippen LogP contribution is -2.23. The van der Waals surface area contributed by atoms with Crippen LogP contribution in [0.3, 0.4) is 0 Å². The number of ether oxygens (including phenoxy) is 1. The number of benzene rings is 1. The molecule has 1 amide bonds. The maximum absolute atomic E-state index is 12.0. The number of pyridine rings is 1. The standard InChI is InChI=1S/C17H15N3O2/c1-22-16-4-2-14(3-5-16)12-20-17(21)15(11-18)10-13-6-8-19-9-7-13/h2-10H,12H2,1H3,(H,20,21)/b15-10-. The second-order valence-electron chi connectivity index (χ2n) is 4.48. The third kappa shape index (κ3) is 4.18. The molecule has 1 N–H and O–H groups in total. The van der Waals surface area contributed by atoms with Crippen LogP contribution >= 0.6 is 0 Å². The van der Waals surface area contributed by atoms with Gasteiger partial charge in [0.15, 0.2) is 0 Å². The summed E-state index contributed by atoms with van der Waals surface area (Å²) in [7, 11) is 1.60. The first-order valence-electron chi connectivity index (χ1n) is 6.66. The SMILES string of the molecule is COc1ccc(CNC(=O)/C(C#N)=C\c2ccncc2)cc1. The summed E-state index contributed by atoms with van der Waals surface area (Å²) in [5, 5.41) is 11.8. The van der Waals surface area contributed by atoms with Crippen LogP contribution in [-0.4, -0.2) is 18.0 Å². The first-order valence-corrected chi connectivity index (χ1v) is 6.66. The average molecular weight is 293 g/mol. The maximum atomic E-state index is 12.0. The topological polar surface area (TPSA) is 75.0 Å². The predicted octanol–water partition coefficient (Wildman–Crippen LogP) is 2.31. The van der Waals surface area contributed by atoms with Gasteiger partial charge in [0.1, 0.15) is 17.4 Å². The van der Waals surface area contributed by atoms with Crippen molar-refractivity contribution in [1.82, 2.24) is 10.3 Å². The lowest BCUT2D eigenvalue weighted by Gasteiger charge is -2.05. The molecule has 0 bridgehead atoms. The van der Waals surface area contributed by atoms with E-state index in [9.17, 15) is 4.79 Å². The van der Waals surface area contributed by atoms with Crippen molar-refractivity contribution in [3.05, 3.63) is 65.5 Å². The van der Waals surface area contributed by atoms with Crippen molar-refractivity contribution in [2.24, 2.45) is 0 Å². The summed E-state index contributed by atoms with van der Waals surface area (Å²) in [5.41, 5.74) is 1.74. The van der Waals surface area contributed by atoms with Crippen LogP contribution < -0.4 is 10.1 Å². The van der Waals surface area contributed by atoms with Crippen molar-refractivity contribution in [1.29, 1.82) is 5.26 Å². The zero-order valence-electron chi connectivity index (χ0n) is 12.1. The van der Waals surface area contributed by atoms with Gasteiger partial charge in [-0.05, 0) is 41.5 Å². The molecule has 22 heavy (non-hydrogen) atoms. The number of methoxy groups -OCH3 is 1. The Labute approximate surface area is 128 Å². The highest BCUT2D eigenvalue weighted by atomic mass is 16.5. The van der Waals surface area contributed by atoms with E-state index in [2.05, 4.69) is 10.3 Å². The molecule has 5 nitrogen and oxygen atoms in total. The summed E-state index contributed by atoms with van der Waals surface area (Å²) in [6, 6.07) is 12.7. The first kappa shape index (κ1) is 15.3. The Kier molecular flexibility index (Phi) is 5.27. The van der Waals surface area contributed by atoms with E-state index in [-0.39, 0.29) is 5.57 Å². The third-order valence-corrected chi connectivity index (χ3v) is 2.99. The molecule has 0 saturated heterocycles. The monoisotopic (exact) mass is 293 g/mol. The van der Waals surface area contributed by atoms with Gasteiger partial charge in [0.05, 0.1) is 7.11 Å². The molecular formula is C17H15N3O2. The summed E-state index contributed by atoms with van der Waals surface area (Å²) < 4.78 is 5.07. The minimum Gasteiger partial charge on any atom is -0.497 e. The zero-order valence-corrected chi connectivity index (χ0v) is 12.1. The number of aromatic nitrogens is 1. The van der Waals surface area contributed by atoms with E-state index in [0.717, 1.165) is 16.9 Å². The summed E-state index contributed by atoms with van der Waals surface area (Å²) >= 11 is 0. The van der Waals surface area contributed by atoms with Gasteiger partial charge >= 0.3 is 0 Å². The van der Waals surface area contributed by atoms with Crippen LogP contribution in [0.5, 0.6) is 5.75 Å². The number of amides is 1. The molecule has 0 aliphatic carbocycles. The van der Waals surface area contributed by atoms with Gasteiger partial charge in [0.25, 0.3) is 5.91 Å². The van der Waals surface area contributed by atoms with E-state index in [1.807, 2.05) is 30.3 Å². The van der Waals surface area contributed by atoms with Gasteiger partial charge in [-0.25, -0.2) is 0 Å². The third-order valence-electron chi connectivity index (χ3n) is 2.99. The Morgan fingerprint density at radius 1 is 1.27 bits per heavy atom. The first-order chi connectivity index (χ1) is 10.7. The van der Waals surface area contributed by atoms with Gasteiger partial charge < -0.3 is 10.1 Å². The van der Waals surface area contributed by atoms with Crippen molar-refractivity contribution < 1.29 is 9.53 Å². The number of hydrogen-bond acceptors (Lipinski definition) is 4. The highest BCUT2D eigenvalue weighted by molar-refractivity contribution is 6.01. The molecule has 0 spiro atoms. The normalized spacial score (nSPS) is 10.6. The Morgan fingerprint density at radius 2 is 1.95 bits per heavy atom. The smallest absolute Gasteiger partial charge is 0.262 e. The van der Waals surface area contributed by atoms with Gasteiger partial charge in [0, 0.05) is 18.9 Å². The van der Waals surface area contributed by atoms with Gasteiger partial charge in [-0.2, -0.15) is 5.26 Å². The maximum Gasteiger partial charge on any atom is 0.262 e. The van der Waals surface area contributed by atoms with E-state index in [1.54, 1.807) is 31.6 Å². The lowest BCUT2D eigenvalue weighted by atomic mass is 10.1. The van der Waals surface area contributed by atoms with Gasteiger partial charge in [-0.1, -0.05) is 12.1 Å². The molecule has 0 radical (unpaired) electrons. The van der Waals surface area contributed by atoms with Gasteiger partial charge in [0.2, 0.25) is 0 Å². The fourth-order valence-corrected chi connectivity index (χ4v) is 1.80. The summed E-state index contributed by atoms with van der Waals surface area (Å²) in [6.45, 7) is 0.345. The highest BCUT2D eigenvalue weighted by Crippen LogP contribution is 2.11. The minimum absolute atomic E-state index is 0.0553. The van der Waals surface area contributed by atoms with Gasteiger partial charge in [-0.15, -0.1) is 0 Å². The van der Waals surface area contributed by atoms with Crippen molar-refractivity contribution in [3.8, 4) is 11.8 Å². The number of nitriles is 1. The van der Waals surface area contributed by atoms with E-state index in [0.29, 0.717) is 6.54 Å². The Morgan fingerprint density at radius 3 is 2.55 bits per heavy atom. The van der Waals surface area contributed by atoms with Crippen LogP contribution in [-0.2, 0) is 11.3 Å². The summed E-state index contributed by atoms with van der Waals surface area (Å²) in [5.74, 6) is 0.348. The molecule has 0 atom stereocenters. The number of nitrogens with zero attached hydrogens (tertiary/aromatic N) is 2. The molecule has 1 aromatic carbocycles. The second kappa shape index (κ2) is 7.60. The Bertz CT molecular complexity index is 701. The van der Waals surface area contributed by atoms with E-state index < -0.39 is 5.91 Å². The van der Waals surface area contributed by atoms with Gasteiger partial charge in [-0.3, -0.25) is 9.78 Å². The number of nitrogens with one attached hydrogen (secondary N) is 1. The molecular weight excluding hydrogens is 278 g/mol. The largest absolute Gasteiger partial charge is 0.497 e. The van der Waals surface area contributed by atoms with E-state index in [4.69, 9.17) is 10.00 Å². The predicted molar refractivity (Wildman–Crippen MR) is 82.7 cm³/mol. The van der Waals surface area contributed by atoms with Crippen LogP contribution in [0.15, 0.2) is 54.4 Å². The fourth-order valence-electron chi connectivity index (χ4n) is 1.80. The summed E-state index contributed by atoms with van der Waals surface area (Å²) in [4.78, 5) is 15.9. The number of carbonyl (C=O) groups excluding carboxylic acids is 1. The molecule has 0 saturated carbocycles. The summed E-state index contributed by atoms with van der Waals surface area (Å²) in [6.07, 6.45) is 4.75. The lowest BCUT2D eigenvalue weighted by molar-refractivity contribution is -0.117. The molecule has 110 valence electrons. The fraction of sp³-hybridized carbons (Fsp3) is 0.118. The van der Waals surface area contributed by atoms with Crippen molar-refractivity contribution in [2.45, 2.75) is 6.54 Å². The molecule has 0 aliphatic heterocycles. The van der Waals surface area contributed by atoms with Crippen molar-refractivity contribution in [3.63, 3.8) is 0 Å². The van der Waals surface area contributed by atoms with Crippen LogP contribution in [0, 0.1) is 11.3 Å². The number of rotatable bonds is 5. The quantitative estimate of drug-likeness (QED) is 0.678. The number of carbonyl (C=O) groups is 1. The molecule has 0 unspecified atom stereocenters. The molecule has 1 aromatic heterocycles. The Hall–Kier alpha value is -3.13. The van der Waals surface area contributed by atoms with Crippen LogP contribution in [0.2, 0.25) is 0 Å². The second-order valence-corrected chi connectivity index (χ2v) is 4.48. The van der Waals surface area contributed by atoms with E-state index in [1.165, 1.54) is 6.08 Å².